The van der Waals surface area contributed by atoms with Gasteiger partial charge in [-0.1, -0.05) is 12.1 Å². The Kier molecular flexibility index (Phi) is 3.78. The summed E-state index contributed by atoms with van der Waals surface area (Å²) in [7, 11) is 0. The summed E-state index contributed by atoms with van der Waals surface area (Å²) in [6.45, 7) is 2.92. The molecular weight excluding hydrogens is 268 g/mol. The number of thiophene rings is 1. The van der Waals surface area contributed by atoms with Gasteiger partial charge in [-0.3, -0.25) is 0 Å². The van der Waals surface area contributed by atoms with E-state index in [9.17, 15) is 0 Å². The Bertz CT molecular complexity index is 629. The van der Waals surface area contributed by atoms with Gasteiger partial charge in [0.05, 0.1) is 6.54 Å². The van der Waals surface area contributed by atoms with Crippen molar-refractivity contribution in [3.8, 4) is 0 Å². The minimum Gasteiger partial charge on any atom is -0.378 e. The Hall–Kier alpha value is -2.14. The second kappa shape index (κ2) is 5.88. The van der Waals surface area contributed by atoms with Gasteiger partial charge in [-0.15, -0.1) is 0 Å². The molecule has 3 rings (SSSR count). The average Bonchev–Trinajstić information content (AvgIpc) is 3.13. The number of aromatic nitrogens is 3. The molecule has 5 heteroatoms. The van der Waals surface area contributed by atoms with E-state index in [0.29, 0.717) is 6.04 Å². The lowest BCUT2D eigenvalue weighted by atomic mass is 10.1. The van der Waals surface area contributed by atoms with Crippen molar-refractivity contribution in [1.29, 1.82) is 0 Å². The minimum absolute atomic E-state index is 0.322. The molecule has 1 atom stereocenters. The molecule has 4 nitrogen and oxygen atoms in total. The third-order valence-corrected chi connectivity index (χ3v) is 3.89. The van der Waals surface area contributed by atoms with E-state index in [1.807, 2.05) is 4.68 Å². The fourth-order valence-electron chi connectivity index (χ4n) is 2.06. The van der Waals surface area contributed by atoms with Crippen LogP contribution in [0.25, 0.3) is 0 Å². The van der Waals surface area contributed by atoms with Gasteiger partial charge in [0.15, 0.2) is 0 Å². The number of anilines is 1. The van der Waals surface area contributed by atoms with Crippen molar-refractivity contribution >= 4 is 17.0 Å². The third kappa shape index (κ3) is 3.05. The second-order valence-corrected chi connectivity index (χ2v) is 5.49. The molecule has 102 valence electrons. The number of nitrogens with zero attached hydrogens (tertiary/aromatic N) is 3. The topological polar surface area (TPSA) is 42.7 Å². The highest BCUT2D eigenvalue weighted by Crippen LogP contribution is 2.21. The first-order valence-corrected chi connectivity index (χ1v) is 7.45. The Morgan fingerprint density at radius 2 is 2.10 bits per heavy atom. The van der Waals surface area contributed by atoms with Crippen molar-refractivity contribution in [3.05, 3.63) is 64.9 Å². The Morgan fingerprint density at radius 3 is 2.75 bits per heavy atom. The summed E-state index contributed by atoms with van der Waals surface area (Å²) in [4.78, 5) is 3.94. The van der Waals surface area contributed by atoms with Crippen LogP contribution in [0, 0.1) is 0 Å². The molecule has 0 aliphatic rings. The van der Waals surface area contributed by atoms with Crippen LogP contribution >= 0.6 is 11.3 Å². The molecular formula is C15H16N4S. The summed E-state index contributed by atoms with van der Waals surface area (Å²) in [6.07, 6.45) is 3.28. The van der Waals surface area contributed by atoms with E-state index >= 15 is 0 Å². The molecule has 0 spiro atoms. The molecule has 0 bridgehead atoms. The molecule has 0 fully saturated rings. The summed E-state index contributed by atoms with van der Waals surface area (Å²) in [5.74, 6) is 0. The van der Waals surface area contributed by atoms with Gasteiger partial charge in [-0.25, -0.2) is 9.67 Å². The number of rotatable bonds is 5. The lowest BCUT2D eigenvalue weighted by Crippen LogP contribution is -2.05. The maximum atomic E-state index is 4.11. The van der Waals surface area contributed by atoms with E-state index in [0.717, 1.165) is 12.2 Å². The lowest BCUT2D eigenvalue weighted by Gasteiger charge is -2.14. The van der Waals surface area contributed by atoms with Gasteiger partial charge >= 0.3 is 0 Å². The number of nitrogens with one attached hydrogen (secondary N) is 1. The lowest BCUT2D eigenvalue weighted by molar-refractivity contribution is 0.685. The molecule has 0 saturated heterocycles. The first kappa shape index (κ1) is 12.9. The molecule has 20 heavy (non-hydrogen) atoms. The van der Waals surface area contributed by atoms with Crippen LogP contribution in [0.3, 0.4) is 0 Å². The smallest absolute Gasteiger partial charge is 0.137 e. The van der Waals surface area contributed by atoms with Crippen LogP contribution in [0.15, 0.2) is 53.7 Å². The van der Waals surface area contributed by atoms with Crippen molar-refractivity contribution in [2.75, 3.05) is 5.32 Å². The second-order valence-electron chi connectivity index (χ2n) is 4.71. The first-order chi connectivity index (χ1) is 9.81. The summed E-state index contributed by atoms with van der Waals surface area (Å²) < 4.78 is 1.82. The van der Waals surface area contributed by atoms with Crippen LogP contribution in [-0.2, 0) is 6.54 Å². The first-order valence-electron chi connectivity index (χ1n) is 6.51. The van der Waals surface area contributed by atoms with Gasteiger partial charge in [0.25, 0.3) is 0 Å². The number of hydrogen-bond donors (Lipinski definition) is 1. The molecule has 2 aromatic heterocycles. The highest BCUT2D eigenvalue weighted by atomic mass is 32.1. The number of hydrogen-bond acceptors (Lipinski definition) is 4. The SMILES string of the molecule is CC(Nc1ccc(Cn2cncn2)cc1)c1ccsc1. The van der Waals surface area contributed by atoms with Gasteiger partial charge in [0.2, 0.25) is 0 Å². The van der Waals surface area contributed by atoms with Gasteiger partial charge < -0.3 is 5.32 Å². The van der Waals surface area contributed by atoms with Gasteiger partial charge in [0, 0.05) is 11.7 Å². The summed E-state index contributed by atoms with van der Waals surface area (Å²) >= 11 is 1.73. The minimum atomic E-state index is 0.322. The van der Waals surface area contributed by atoms with Gasteiger partial charge in [-0.05, 0) is 47.0 Å². The molecule has 2 heterocycles. The third-order valence-electron chi connectivity index (χ3n) is 3.19. The van der Waals surface area contributed by atoms with E-state index in [2.05, 4.69) is 63.4 Å². The fraction of sp³-hybridized carbons (Fsp3) is 0.200. The Labute approximate surface area is 122 Å². The van der Waals surface area contributed by atoms with E-state index < -0.39 is 0 Å². The van der Waals surface area contributed by atoms with E-state index in [-0.39, 0.29) is 0 Å². The highest BCUT2D eigenvalue weighted by Gasteiger charge is 2.05. The molecule has 3 aromatic rings. The molecule has 0 aliphatic heterocycles. The van der Waals surface area contributed by atoms with Crippen LogP contribution in [0.2, 0.25) is 0 Å². The molecule has 0 aliphatic carbocycles. The Morgan fingerprint density at radius 1 is 1.25 bits per heavy atom. The van der Waals surface area contributed by atoms with E-state index in [1.165, 1.54) is 11.1 Å². The Balaban J connectivity index is 1.64. The van der Waals surface area contributed by atoms with Crippen LogP contribution in [0.5, 0.6) is 0 Å². The van der Waals surface area contributed by atoms with Crippen LogP contribution < -0.4 is 5.32 Å². The normalized spacial score (nSPS) is 12.2. The standard InChI is InChI=1S/C15H16N4S/c1-12(14-6-7-20-9-14)18-15-4-2-13(3-5-15)8-19-11-16-10-17-19/h2-7,9-12,18H,8H2,1H3. The molecule has 0 amide bonds. The zero-order valence-electron chi connectivity index (χ0n) is 11.2. The van der Waals surface area contributed by atoms with Crippen molar-refractivity contribution in [2.24, 2.45) is 0 Å². The van der Waals surface area contributed by atoms with Crippen LogP contribution in [0.1, 0.15) is 24.1 Å². The monoisotopic (exact) mass is 284 g/mol. The summed E-state index contributed by atoms with van der Waals surface area (Å²) in [5.41, 5.74) is 3.66. The predicted octanol–water partition coefficient (Wildman–Crippen LogP) is 3.56. The molecule has 1 aromatic carbocycles. The highest BCUT2D eigenvalue weighted by molar-refractivity contribution is 7.07. The zero-order chi connectivity index (χ0) is 13.8. The van der Waals surface area contributed by atoms with Crippen molar-refractivity contribution in [3.63, 3.8) is 0 Å². The number of benzene rings is 1. The van der Waals surface area contributed by atoms with Crippen LogP contribution in [0.4, 0.5) is 5.69 Å². The molecule has 1 N–H and O–H groups in total. The average molecular weight is 284 g/mol. The van der Waals surface area contributed by atoms with Gasteiger partial charge in [0.1, 0.15) is 12.7 Å². The van der Waals surface area contributed by atoms with Crippen molar-refractivity contribution in [1.82, 2.24) is 14.8 Å². The van der Waals surface area contributed by atoms with Crippen molar-refractivity contribution < 1.29 is 0 Å². The summed E-state index contributed by atoms with van der Waals surface area (Å²) in [6, 6.07) is 10.9. The summed E-state index contributed by atoms with van der Waals surface area (Å²) in [5, 5.41) is 11.9. The predicted molar refractivity (Wildman–Crippen MR) is 81.9 cm³/mol. The van der Waals surface area contributed by atoms with Gasteiger partial charge in [-0.2, -0.15) is 16.4 Å². The zero-order valence-corrected chi connectivity index (χ0v) is 12.0. The molecule has 0 radical (unpaired) electrons. The largest absolute Gasteiger partial charge is 0.378 e. The van der Waals surface area contributed by atoms with Crippen molar-refractivity contribution in [2.45, 2.75) is 19.5 Å². The maximum Gasteiger partial charge on any atom is 0.137 e. The quantitative estimate of drug-likeness (QED) is 0.779. The van der Waals surface area contributed by atoms with E-state index in [1.54, 1.807) is 24.0 Å². The molecule has 0 saturated carbocycles. The van der Waals surface area contributed by atoms with E-state index in [4.69, 9.17) is 0 Å². The maximum absolute atomic E-state index is 4.11. The molecule has 1 unspecified atom stereocenters. The fourth-order valence-corrected chi connectivity index (χ4v) is 2.82. The van der Waals surface area contributed by atoms with Crippen LogP contribution in [-0.4, -0.2) is 14.8 Å².